The van der Waals surface area contributed by atoms with E-state index in [4.69, 9.17) is 16.1 Å². The summed E-state index contributed by atoms with van der Waals surface area (Å²) >= 11 is 5.60. The van der Waals surface area contributed by atoms with Crippen molar-refractivity contribution in [2.75, 3.05) is 37.0 Å². The molecular weight excluding hydrogens is 330 g/mol. The smallest absolute Gasteiger partial charge is 0.237 e. The molecule has 24 heavy (non-hydrogen) atoms. The molecule has 2 fully saturated rings. The molecule has 126 valence electrons. The van der Waals surface area contributed by atoms with Gasteiger partial charge < -0.3 is 14.3 Å². The molecule has 0 radical (unpaired) electrons. The van der Waals surface area contributed by atoms with Gasteiger partial charge in [-0.1, -0.05) is 5.16 Å². The van der Waals surface area contributed by atoms with Crippen LogP contribution in [0.3, 0.4) is 0 Å². The largest absolute Gasteiger partial charge is 0.353 e. The Morgan fingerprint density at radius 3 is 2.67 bits per heavy atom. The Morgan fingerprint density at radius 1 is 1.25 bits per heavy atom. The Kier molecular flexibility index (Phi) is 4.10. The van der Waals surface area contributed by atoms with Gasteiger partial charge in [0.05, 0.1) is 0 Å². The van der Waals surface area contributed by atoms with Gasteiger partial charge in [-0.05, 0) is 25.0 Å². The maximum Gasteiger partial charge on any atom is 0.237 e. The van der Waals surface area contributed by atoms with Crippen LogP contribution in [0.5, 0.6) is 0 Å². The van der Waals surface area contributed by atoms with Gasteiger partial charge in [-0.15, -0.1) is 11.6 Å². The molecule has 0 unspecified atom stereocenters. The number of carbonyl (C=O) groups excluding carboxylic acids is 1. The molecule has 0 N–H and O–H groups in total. The second-order valence-electron chi connectivity index (χ2n) is 6.14. The maximum atomic E-state index is 11.6. The minimum Gasteiger partial charge on any atom is -0.353 e. The van der Waals surface area contributed by atoms with Crippen molar-refractivity contribution in [3.63, 3.8) is 0 Å². The van der Waals surface area contributed by atoms with Gasteiger partial charge >= 0.3 is 0 Å². The fourth-order valence-corrected chi connectivity index (χ4v) is 2.99. The number of alkyl halides is 1. The first-order valence-corrected chi connectivity index (χ1v) is 8.67. The predicted octanol–water partition coefficient (Wildman–Crippen LogP) is 1.90. The Labute approximate surface area is 144 Å². The Balaban J connectivity index is 1.41. The van der Waals surface area contributed by atoms with Crippen LogP contribution in [0.15, 0.2) is 22.9 Å². The first kappa shape index (κ1) is 15.4. The van der Waals surface area contributed by atoms with E-state index >= 15 is 0 Å². The summed E-state index contributed by atoms with van der Waals surface area (Å²) in [6.07, 6.45) is 4.04. The first-order chi connectivity index (χ1) is 11.7. The van der Waals surface area contributed by atoms with Gasteiger partial charge in [0.1, 0.15) is 11.7 Å². The summed E-state index contributed by atoms with van der Waals surface area (Å²) < 4.78 is 5.29. The van der Waals surface area contributed by atoms with Crippen molar-refractivity contribution in [1.29, 1.82) is 0 Å². The van der Waals surface area contributed by atoms with Crippen LogP contribution in [-0.4, -0.2) is 58.0 Å². The van der Waals surface area contributed by atoms with E-state index in [0.717, 1.165) is 43.2 Å². The summed E-state index contributed by atoms with van der Waals surface area (Å²) in [7, 11) is 0. The second kappa shape index (κ2) is 6.39. The van der Waals surface area contributed by atoms with Gasteiger partial charge in [-0.2, -0.15) is 4.98 Å². The van der Waals surface area contributed by atoms with Crippen molar-refractivity contribution in [2.24, 2.45) is 0 Å². The lowest BCUT2D eigenvalue weighted by atomic mass is 10.2. The van der Waals surface area contributed by atoms with Gasteiger partial charge in [-0.3, -0.25) is 4.79 Å². The predicted molar refractivity (Wildman–Crippen MR) is 89.0 cm³/mol. The molecule has 2 aliphatic rings. The van der Waals surface area contributed by atoms with Crippen LogP contribution in [0.25, 0.3) is 11.4 Å². The molecule has 1 aliphatic carbocycles. The van der Waals surface area contributed by atoms with Crippen molar-refractivity contribution in [3.8, 4) is 11.4 Å². The van der Waals surface area contributed by atoms with Gasteiger partial charge in [-0.25, -0.2) is 4.98 Å². The van der Waals surface area contributed by atoms with E-state index in [9.17, 15) is 4.79 Å². The summed E-state index contributed by atoms with van der Waals surface area (Å²) in [4.78, 5) is 24.5. The summed E-state index contributed by atoms with van der Waals surface area (Å²) in [5, 5.41) is 4.03. The fourth-order valence-electron chi connectivity index (χ4n) is 2.82. The topological polar surface area (TPSA) is 75.4 Å². The third kappa shape index (κ3) is 3.08. The van der Waals surface area contributed by atoms with Gasteiger partial charge in [0.25, 0.3) is 0 Å². The minimum absolute atomic E-state index is 0.0109. The zero-order valence-electron chi connectivity index (χ0n) is 13.2. The number of carbonyl (C=O) groups is 1. The third-order valence-corrected chi connectivity index (χ3v) is 4.67. The zero-order valence-corrected chi connectivity index (χ0v) is 13.9. The number of nitrogens with zero attached hydrogens (tertiary/aromatic N) is 5. The lowest BCUT2D eigenvalue weighted by Crippen LogP contribution is -2.49. The molecule has 7 nitrogen and oxygen atoms in total. The van der Waals surface area contributed by atoms with Gasteiger partial charge in [0.2, 0.25) is 17.6 Å². The normalized spacial score (nSPS) is 18.0. The number of anilines is 1. The number of hydrogen-bond donors (Lipinski definition) is 0. The molecule has 0 aromatic carbocycles. The van der Waals surface area contributed by atoms with Crippen molar-refractivity contribution in [2.45, 2.75) is 18.8 Å². The number of piperazine rings is 1. The zero-order chi connectivity index (χ0) is 16.5. The Morgan fingerprint density at radius 2 is 2.04 bits per heavy atom. The van der Waals surface area contributed by atoms with Crippen LogP contribution >= 0.6 is 11.6 Å². The highest BCUT2D eigenvalue weighted by atomic mass is 35.5. The van der Waals surface area contributed by atoms with Crippen molar-refractivity contribution < 1.29 is 9.32 Å². The molecule has 4 rings (SSSR count). The number of halogens is 1. The van der Waals surface area contributed by atoms with E-state index in [1.54, 1.807) is 11.1 Å². The number of hydrogen-bond acceptors (Lipinski definition) is 6. The van der Waals surface area contributed by atoms with Gasteiger partial charge in [0, 0.05) is 43.9 Å². The molecule has 1 saturated heterocycles. The lowest BCUT2D eigenvalue weighted by Gasteiger charge is -2.35. The highest BCUT2D eigenvalue weighted by molar-refractivity contribution is 6.27. The highest BCUT2D eigenvalue weighted by Gasteiger charge is 2.29. The standard InChI is InChI=1S/C16H18ClN5O2/c17-9-14(23)22-7-5-21(6-8-22)13-4-3-12(10-18-13)15-19-16(24-20-15)11-1-2-11/h3-4,10-11H,1-2,5-9H2. The SMILES string of the molecule is O=C(CCl)N1CCN(c2ccc(-c3noc(C4CC4)n3)cn2)CC1. The summed E-state index contributed by atoms with van der Waals surface area (Å²) in [6.45, 7) is 2.85. The van der Waals surface area contributed by atoms with Crippen LogP contribution in [0.2, 0.25) is 0 Å². The third-order valence-electron chi connectivity index (χ3n) is 4.45. The second-order valence-corrected chi connectivity index (χ2v) is 6.40. The minimum atomic E-state index is -0.0109. The summed E-state index contributed by atoms with van der Waals surface area (Å²) in [5.41, 5.74) is 0.852. The summed E-state index contributed by atoms with van der Waals surface area (Å²) in [6, 6.07) is 3.92. The molecule has 0 spiro atoms. The number of amides is 1. The van der Waals surface area contributed by atoms with E-state index < -0.39 is 0 Å². The number of pyridine rings is 1. The quantitative estimate of drug-likeness (QED) is 0.786. The molecule has 1 aliphatic heterocycles. The molecule has 2 aromatic rings. The van der Waals surface area contributed by atoms with Crippen molar-refractivity contribution in [1.82, 2.24) is 20.0 Å². The van der Waals surface area contributed by atoms with E-state index in [2.05, 4.69) is 20.0 Å². The first-order valence-electron chi connectivity index (χ1n) is 8.13. The van der Waals surface area contributed by atoms with E-state index in [1.165, 1.54) is 0 Å². The average molecular weight is 348 g/mol. The lowest BCUT2D eigenvalue weighted by molar-refractivity contribution is -0.128. The molecule has 0 bridgehead atoms. The van der Waals surface area contributed by atoms with Crippen LogP contribution < -0.4 is 4.90 Å². The van der Waals surface area contributed by atoms with E-state index in [0.29, 0.717) is 24.8 Å². The van der Waals surface area contributed by atoms with Crippen LogP contribution in [0.1, 0.15) is 24.7 Å². The Hall–Kier alpha value is -2.15. The molecule has 1 saturated carbocycles. The number of rotatable bonds is 4. The van der Waals surface area contributed by atoms with Crippen molar-refractivity contribution >= 4 is 23.3 Å². The summed E-state index contributed by atoms with van der Waals surface area (Å²) in [5.74, 6) is 2.69. The van der Waals surface area contributed by atoms with Crippen LogP contribution in [0.4, 0.5) is 5.82 Å². The molecular formula is C16H18ClN5O2. The monoisotopic (exact) mass is 347 g/mol. The maximum absolute atomic E-state index is 11.6. The van der Waals surface area contributed by atoms with Crippen LogP contribution in [0, 0.1) is 0 Å². The average Bonchev–Trinajstić information content (AvgIpc) is 3.38. The molecule has 1 amide bonds. The highest BCUT2D eigenvalue weighted by Crippen LogP contribution is 2.39. The van der Waals surface area contributed by atoms with E-state index in [-0.39, 0.29) is 11.8 Å². The van der Waals surface area contributed by atoms with Crippen molar-refractivity contribution in [3.05, 3.63) is 24.2 Å². The molecule has 8 heteroatoms. The fraction of sp³-hybridized carbons (Fsp3) is 0.500. The molecule has 3 heterocycles. The Bertz CT molecular complexity index is 720. The molecule has 0 atom stereocenters. The molecule has 2 aromatic heterocycles. The van der Waals surface area contributed by atoms with Gasteiger partial charge in [0.15, 0.2) is 0 Å². The van der Waals surface area contributed by atoms with Crippen LogP contribution in [-0.2, 0) is 4.79 Å². The van der Waals surface area contributed by atoms with E-state index in [1.807, 2.05) is 12.1 Å². The number of aromatic nitrogens is 3.